The topological polar surface area (TPSA) is 104 Å². The molecule has 1 fully saturated rings. The summed E-state index contributed by atoms with van der Waals surface area (Å²) in [4.78, 5) is 29.2. The molecule has 1 atom stereocenters. The van der Waals surface area contributed by atoms with E-state index in [1.807, 2.05) is 13.8 Å². The lowest BCUT2D eigenvalue weighted by Crippen LogP contribution is -2.61. The highest BCUT2D eigenvalue weighted by atomic mass is 16.5. The van der Waals surface area contributed by atoms with Crippen molar-refractivity contribution in [2.75, 3.05) is 19.5 Å². The van der Waals surface area contributed by atoms with Gasteiger partial charge in [-0.05, 0) is 31.6 Å². The van der Waals surface area contributed by atoms with Gasteiger partial charge in [-0.3, -0.25) is 20.3 Å². The van der Waals surface area contributed by atoms with Gasteiger partial charge in [0, 0.05) is 6.07 Å². The Morgan fingerprint density at radius 3 is 2.73 bits per heavy atom. The number of fused-ring (bicyclic) bond motifs is 1. The molecule has 0 radical (unpaired) electrons. The molecule has 9 heteroatoms. The predicted octanol–water partition coefficient (Wildman–Crippen LogP) is 0.958. The van der Waals surface area contributed by atoms with Gasteiger partial charge in [-0.1, -0.05) is 0 Å². The molecule has 1 aromatic carbocycles. The van der Waals surface area contributed by atoms with Crippen molar-refractivity contribution in [2.45, 2.75) is 26.3 Å². The van der Waals surface area contributed by atoms with E-state index in [1.54, 1.807) is 23.2 Å². The van der Waals surface area contributed by atoms with Crippen LogP contribution in [0.3, 0.4) is 0 Å². The zero-order valence-electron chi connectivity index (χ0n) is 15.0. The van der Waals surface area contributed by atoms with Crippen molar-refractivity contribution in [3.63, 3.8) is 0 Å². The van der Waals surface area contributed by atoms with Crippen LogP contribution in [0.25, 0.3) is 0 Å². The molecular weight excluding hydrogens is 338 g/mol. The number of guanidine groups is 1. The lowest BCUT2D eigenvalue weighted by Gasteiger charge is -2.32. The lowest BCUT2D eigenvalue weighted by atomic mass is 10.1. The van der Waals surface area contributed by atoms with Crippen molar-refractivity contribution in [1.29, 1.82) is 0 Å². The fraction of sp³-hybridized carbons (Fsp3) is 0.353. The van der Waals surface area contributed by atoms with Gasteiger partial charge in [0.05, 0.1) is 26.3 Å². The standard InChI is InChI=1S/C17H21N5O4/c1-9(2)15-20-17-19-14(23)8-12(22(17)21-15)16(24)18-11-7-10(25-3)5-6-13(11)26-4/h5-7,12,21H,8H2,1-4H3,(H,18,24)(H,19,20,23)/t12-/m1/s1. The van der Waals surface area contributed by atoms with Gasteiger partial charge in [0.1, 0.15) is 23.4 Å². The number of benzene rings is 1. The van der Waals surface area contributed by atoms with Crippen LogP contribution in [0.15, 0.2) is 34.6 Å². The van der Waals surface area contributed by atoms with Crippen molar-refractivity contribution in [1.82, 2.24) is 15.8 Å². The number of rotatable bonds is 4. The fourth-order valence-electron chi connectivity index (χ4n) is 2.67. The van der Waals surface area contributed by atoms with E-state index < -0.39 is 6.04 Å². The summed E-state index contributed by atoms with van der Waals surface area (Å²) in [6.45, 7) is 3.78. The Bertz CT molecular complexity index is 813. The van der Waals surface area contributed by atoms with Crippen LogP contribution >= 0.6 is 0 Å². The van der Waals surface area contributed by atoms with Crippen LogP contribution < -0.4 is 25.5 Å². The average molecular weight is 359 g/mol. The summed E-state index contributed by atoms with van der Waals surface area (Å²) in [6.07, 6.45) is 0.000178. The van der Waals surface area contributed by atoms with Gasteiger partial charge < -0.3 is 14.8 Å². The number of nitrogens with one attached hydrogen (secondary N) is 3. The van der Waals surface area contributed by atoms with Crippen LogP contribution in [0.5, 0.6) is 11.5 Å². The maximum Gasteiger partial charge on any atom is 0.249 e. The third kappa shape index (κ3) is 3.28. The van der Waals surface area contributed by atoms with Crippen molar-refractivity contribution in [3.8, 4) is 11.5 Å². The van der Waals surface area contributed by atoms with Crippen molar-refractivity contribution >= 4 is 23.5 Å². The first kappa shape index (κ1) is 17.6. The molecule has 1 aromatic rings. The molecule has 3 rings (SSSR count). The van der Waals surface area contributed by atoms with Gasteiger partial charge in [-0.2, -0.15) is 4.99 Å². The van der Waals surface area contributed by atoms with Gasteiger partial charge in [-0.25, -0.2) is 5.01 Å². The number of aliphatic imine (C=N–C) groups is 1. The highest BCUT2D eigenvalue weighted by Crippen LogP contribution is 2.29. The average Bonchev–Trinajstić information content (AvgIpc) is 3.05. The molecule has 0 unspecified atom stereocenters. The molecule has 2 heterocycles. The largest absolute Gasteiger partial charge is 0.497 e. The molecule has 26 heavy (non-hydrogen) atoms. The first-order chi connectivity index (χ1) is 12.4. The molecule has 2 aliphatic rings. The van der Waals surface area contributed by atoms with Crippen molar-refractivity contribution < 1.29 is 19.1 Å². The van der Waals surface area contributed by atoms with E-state index in [2.05, 4.69) is 21.1 Å². The highest BCUT2D eigenvalue weighted by Gasteiger charge is 2.40. The molecule has 2 amide bonds. The third-order valence-electron chi connectivity index (χ3n) is 4.05. The van der Waals surface area contributed by atoms with Crippen LogP contribution in [0, 0.1) is 0 Å². The van der Waals surface area contributed by atoms with Crippen LogP contribution in [-0.2, 0) is 9.59 Å². The van der Waals surface area contributed by atoms with Crippen LogP contribution in [-0.4, -0.2) is 43.0 Å². The summed E-state index contributed by atoms with van der Waals surface area (Å²) in [7, 11) is 3.05. The first-order valence-corrected chi connectivity index (χ1v) is 8.07. The Kier molecular flexibility index (Phi) is 4.70. The van der Waals surface area contributed by atoms with E-state index >= 15 is 0 Å². The summed E-state index contributed by atoms with van der Waals surface area (Å²) >= 11 is 0. The Labute approximate surface area is 151 Å². The summed E-state index contributed by atoms with van der Waals surface area (Å²) in [5, 5.41) is 7.04. The number of nitrogens with zero attached hydrogens (tertiary/aromatic N) is 2. The third-order valence-corrected chi connectivity index (χ3v) is 4.05. The van der Waals surface area contributed by atoms with E-state index in [0.717, 1.165) is 5.57 Å². The Morgan fingerprint density at radius 1 is 1.31 bits per heavy atom. The SMILES string of the molecule is COc1ccc(OC)c(NC(=O)[C@H]2CC(=O)NC3=NC(=C(C)C)NN32)c1. The predicted molar refractivity (Wildman–Crippen MR) is 95.5 cm³/mol. The fourth-order valence-corrected chi connectivity index (χ4v) is 2.67. The molecular formula is C17H21N5O4. The maximum absolute atomic E-state index is 12.9. The second kappa shape index (κ2) is 6.95. The number of carbonyl (C=O) groups is 2. The van der Waals surface area contributed by atoms with Gasteiger partial charge in [0.15, 0.2) is 0 Å². The number of hydrogen-bond acceptors (Lipinski definition) is 7. The molecule has 9 nitrogen and oxygen atoms in total. The number of carbonyl (C=O) groups excluding carboxylic acids is 2. The second-order valence-electron chi connectivity index (χ2n) is 6.09. The van der Waals surface area contributed by atoms with Crippen molar-refractivity contribution in [3.05, 3.63) is 29.6 Å². The molecule has 0 spiro atoms. The van der Waals surface area contributed by atoms with Gasteiger partial charge in [0.25, 0.3) is 0 Å². The minimum Gasteiger partial charge on any atom is -0.497 e. The first-order valence-electron chi connectivity index (χ1n) is 8.07. The smallest absolute Gasteiger partial charge is 0.249 e. The number of hydrogen-bond donors (Lipinski definition) is 3. The highest BCUT2D eigenvalue weighted by molar-refractivity contribution is 6.08. The number of methoxy groups -OCH3 is 2. The van der Waals surface area contributed by atoms with E-state index in [9.17, 15) is 9.59 Å². The summed E-state index contributed by atoms with van der Waals surface area (Å²) < 4.78 is 10.5. The Morgan fingerprint density at radius 2 is 2.08 bits per heavy atom. The Balaban J connectivity index is 1.85. The van der Waals surface area contributed by atoms with Crippen molar-refractivity contribution in [2.24, 2.45) is 4.99 Å². The minimum absolute atomic E-state index is 0.000178. The quantitative estimate of drug-likeness (QED) is 0.740. The van der Waals surface area contributed by atoms with Gasteiger partial charge >= 0.3 is 0 Å². The molecule has 1 saturated heterocycles. The molecule has 138 valence electrons. The number of allylic oxidation sites excluding steroid dienone is 1. The number of ether oxygens (including phenoxy) is 2. The summed E-state index contributed by atoms with van der Waals surface area (Å²) in [5.74, 6) is 1.37. The molecule has 0 aliphatic carbocycles. The summed E-state index contributed by atoms with van der Waals surface area (Å²) in [6, 6.07) is 4.34. The van der Waals surface area contributed by atoms with Crippen LogP contribution in [0.2, 0.25) is 0 Å². The zero-order valence-corrected chi connectivity index (χ0v) is 15.0. The molecule has 0 saturated carbocycles. The van der Waals surface area contributed by atoms with E-state index in [-0.39, 0.29) is 18.2 Å². The van der Waals surface area contributed by atoms with Gasteiger partial charge in [-0.15, -0.1) is 0 Å². The Hall–Kier alpha value is -3.23. The van der Waals surface area contributed by atoms with Crippen LogP contribution in [0.4, 0.5) is 5.69 Å². The van der Waals surface area contributed by atoms with Gasteiger partial charge in [0.2, 0.25) is 17.8 Å². The zero-order chi connectivity index (χ0) is 18.8. The molecule has 0 bridgehead atoms. The second-order valence-corrected chi connectivity index (χ2v) is 6.09. The van der Waals surface area contributed by atoms with Crippen LogP contribution in [0.1, 0.15) is 20.3 Å². The lowest BCUT2D eigenvalue weighted by molar-refractivity contribution is -0.129. The molecule has 0 aromatic heterocycles. The van der Waals surface area contributed by atoms with E-state index in [0.29, 0.717) is 29.0 Å². The number of amides is 2. The number of anilines is 1. The molecule has 3 N–H and O–H groups in total. The maximum atomic E-state index is 12.9. The van der Waals surface area contributed by atoms with E-state index in [4.69, 9.17) is 9.47 Å². The minimum atomic E-state index is -0.754. The summed E-state index contributed by atoms with van der Waals surface area (Å²) in [5.41, 5.74) is 4.46. The van der Waals surface area contributed by atoms with E-state index in [1.165, 1.54) is 14.2 Å². The monoisotopic (exact) mass is 359 g/mol. The normalized spacial score (nSPS) is 18.4. The number of hydrazine groups is 1. The molecule has 2 aliphatic heterocycles.